The monoisotopic (exact) mass is 1770 g/mol. The molecule has 3 aliphatic rings. The number of aromatic nitrogens is 9. The van der Waals surface area contributed by atoms with Gasteiger partial charge in [-0.15, -0.1) is 22.7 Å². The minimum atomic E-state index is -0.496. The molecule has 0 bridgehead atoms. The molecule has 0 saturated heterocycles. The summed E-state index contributed by atoms with van der Waals surface area (Å²) in [7, 11) is 0. The number of rotatable bonds is 9. The molecule has 1 spiro atoms. The van der Waals surface area contributed by atoms with Crippen LogP contribution in [-0.2, 0) is 10.8 Å². The van der Waals surface area contributed by atoms with Gasteiger partial charge in [-0.2, -0.15) is 0 Å². The molecular weight excluding hydrogens is 1700 g/mol. The van der Waals surface area contributed by atoms with Crippen LogP contribution in [0.25, 0.3) is 246 Å². The maximum Gasteiger partial charge on any atom is 0.164 e. The van der Waals surface area contributed by atoms with Crippen LogP contribution >= 0.6 is 22.7 Å². The van der Waals surface area contributed by atoms with Gasteiger partial charge in [-0.25, -0.2) is 29.9 Å². The number of fused-ring (bicyclic) bond motifs is 32. The highest BCUT2D eigenvalue weighted by molar-refractivity contribution is 7.26. The fourth-order valence-electron chi connectivity index (χ4n) is 23.1. The number of hydrogen-bond donors (Lipinski definition) is 0. The van der Waals surface area contributed by atoms with Gasteiger partial charge in [0, 0.05) is 139 Å². The van der Waals surface area contributed by atoms with Gasteiger partial charge in [-0.05, 0) is 182 Å². The Hall–Kier alpha value is -17.2. The molecule has 0 aliphatic heterocycles. The zero-order valence-corrected chi connectivity index (χ0v) is 75.2. The van der Waals surface area contributed by atoms with E-state index >= 15 is 0 Å². The Bertz CT molecular complexity index is 9750. The third-order valence-corrected chi connectivity index (χ3v) is 31.2. The second-order valence-corrected chi connectivity index (χ2v) is 38.7. The fraction of sp³-hybridized carbons (Fsp3) is 0.0323. The summed E-state index contributed by atoms with van der Waals surface area (Å²) < 4.78 is 18.4. The smallest absolute Gasteiger partial charge is 0.164 e. The van der Waals surface area contributed by atoms with Crippen LogP contribution in [0.3, 0.4) is 0 Å². The third kappa shape index (κ3) is 11.1. The van der Waals surface area contributed by atoms with Gasteiger partial charge >= 0.3 is 0 Å². The van der Waals surface area contributed by atoms with E-state index in [-0.39, 0.29) is 5.41 Å². The first-order valence-electron chi connectivity index (χ1n) is 46.3. The van der Waals surface area contributed by atoms with Crippen LogP contribution in [0.4, 0.5) is 0 Å². The maximum absolute atomic E-state index is 6.23. The number of nitrogens with zero attached hydrogens (tertiary/aromatic N) is 9. The molecule has 634 valence electrons. The molecular formula is C124H75N9OS2. The van der Waals surface area contributed by atoms with Crippen molar-refractivity contribution in [2.24, 2.45) is 0 Å². The Labute approximate surface area is 788 Å². The topological polar surface area (TPSA) is 105 Å². The van der Waals surface area contributed by atoms with E-state index in [0.717, 1.165) is 104 Å². The predicted octanol–water partition coefficient (Wildman–Crippen LogP) is 32.3. The average Bonchev–Trinajstić information content (AvgIpc) is 1.50. The second-order valence-electron chi connectivity index (χ2n) is 36.6. The van der Waals surface area contributed by atoms with Crippen LogP contribution in [0.1, 0.15) is 47.2 Å². The van der Waals surface area contributed by atoms with Crippen LogP contribution in [0.2, 0.25) is 0 Å². The fourth-order valence-corrected chi connectivity index (χ4v) is 25.5. The summed E-state index contributed by atoms with van der Waals surface area (Å²) in [6.45, 7) is 4.73. The van der Waals surface area contributed by atoms with Crippen molar-refractivity contribution in [1.29, 1.82) is 0 Å². The molecule has 0 radical (unpaired) electrons. The first kappa shape index (κ1) is 76.5. The molecule has 19 aromatic carbocycles. The number of thiophene rings is 2. The zero-order valence-electron chi connectivity index (χ0n) is 73.6. The first-order chi connectivity index (χ1) is 67.2. The van der Waals surface area contributed by atoms with Crippen molar-refractivity contribution in [3.05, 3.63) is 452 Å². The van der Waals surface area contributed by atoms with Gasteiger partial charge in [-0.1, -0.05) is 317 Å². The van der Waals surface area contributed by atoms with E-state index in [1.54, 1.807) is 11.3 Å². The van der Waals surface area contributed by atoms with Gasteiger partial charge in [0.05, 0.1) is 38.5 Å². The van der Waals surface area contributed by atoms with E-state index in [4.69, 9.17) is 34.3 Å². The number of furan rings is 1. The molecule has 0 saturated carbocycles. The average molecular weight is 1770 g/mol. The molecule has 0 amide bonds. The third-order valence-electron chi connectivity index (χ3n) is 29.0. The van der Waals surface area contributed by atoms with Crippen molar-refractivity contribution in [2.45, 2.75) is 24.7 Å². The minimum Gasteiger partial charge on any atom is -0.456 e. The summed E-state index contributed by atoms with van der Waals surface area (Å²) >= 11 is 3.63. The summed E-state index contributed by atoms with van der Waals surface area (Å²) in [6, 6.07) is 151. The number of para-hydroxylation sites is 5. The van der Waals surface area contributed by atoms with Crippen LogP contribution in [0.5, 0.6) is 0 Å². The van der Waals surface area contributed by atoms with Crippen molar-refractivity contribution in [1.82, 2.24) is 43.6 Å². The molecule has 8 aromatic heterocycles. The van der Waals surface area contributed by atoms with Gasteiger partial charge in [-0.3, -0.25) is 0 Å². The maximum atomic E-state index is 6.23. The number of hydrogen-bond acceptors (Lipinski definition) is 9. The molecule has 0 N–H and O–H groups in total. The Morgan fingerprint density at radius 3 is 1.21 bits per heavy atom. The Morgan fingerprint density at radius 1 is 0.213 bits per heavy atom. The van der Waals surface area contributed by atoms with Crippen molar-refractivity contribution < 1.29 is 4.42 Å². The summed E-state index contributed by atoms with van der Waals surface area (Å²) in [5.74, 6) is 3.75. The van der Waals surface area contributed by atoms with E-state index in [9.17, 15) is 0 Å². The van der Waals surface area contributed by atoms with Gasteiger partial charge in [0.15, 0.2) is 34.9 Å². The highest BCUT2D eigenvalue weighted by atomic mass is 32.1. The highest BCUT2D eigenvalue weighted by Crippen LogP contribution is 2.64. The van der Waals surface area contributed by atoms with Crippen molar-refractivity contribution >= 4 is 150 Å². The summed E-state index contributed by atoms with van der Waals surface area (Å²) in [5.41, 5.74) is 32.5. The van der Waals surface area contributed by atoms with Crippen molar-refractivity contribution in [3.8, 4) is 119 Å². The molecule has 0 fully saturated rings. The predicted molar refractivity (Wildman–Crippen MR) is 562 cm³/mol. The zero-order chi connectivity index (χ0) is 89.3. The first-order valence-corrected chi connectivity index (χ1v) is 47.9. The summed E-state index contributed by atoms with van der Waals surface area (Å²) in [6.07, 6.45) is 0. The SMILES string of the molecule is CC1(C)c2ccccc2-c2cc3c4ccccc4n(-c4cc(-c5nc(-c6ccccc6)nc(-c6ccc7c(c6)C6(c8ccccc8-c8ccccc86)c6ccccc6-7)n5)c5c(c4)sc4ccccc45)c3cc21.c1ccc(-c2nc(-c3ccc4oc5ccccc5c4c3)nc(-c3cc(-n4c5ccccc5c5c4ccc4c6ccccc6n(-c6ccccc6)c45)cc4sc5ccccc5c34)n2)cc1. The van der Waals surface area contributed by atoms with E-state index in [2.05, 4.69) is 398 Å². The second kappa shape index (κ2) is 29.2. The lowest BCUT2D eigenvalue weighted by Crippen LogP contribution is -2.25. The molecule has 30 rings (SSSR count). The van der Waals surface area contributed by atoms with Crippen LogP contribution in [0, 0.1) is 0 Å². The summed E-state index contributed by atoms with van der Waals surface area (Å²) in [5, 5.41) is 14.1. The summed E-state index contributed by atoms with van der Waals surface area (Å²) in [4.78, 5) is 32.4. The van der Waals surface area contributed by atoms with E-state index < -0.39 is 5.41 Å². The molecule has 12 heteroatoms. The Kier molecular flexibility index (Phi) is 16.4. The van der Waals surface area contributed by atoms with Crippen LogP contribution in [-0.4, -0.2) is 43.6 Å². The lowest BCUT2D eigenvalue weighted by molar-refractivity contribution is 0.661. The van der Waals surface area contributed by atoms with E-state index in [0.29, 0.717) is 34.9 Å². The molecule has 27 aromatic rings. The lowest BCUT2D eigenvalue weighted by atomic mass is 9.70. The quantitative estimate of drug-likeness (QED) is 0.142. The Balaban J connectivity index is 0.000000133. The molecule has 10 nitrogen and oxygen atoms in total. The lowest BCUT2D eigenvalue weighted by Gasteiger charge is -2.30. The molecule has 0 atom stereocenters. The highest BCUT2D eigenvalue weighted by Gasteiger charge is 2.52. The van der Waals surface area contributed by atoms with Crippen molar-refractivity contribution in [2.75, 3.05) is 0 Å². The minimum absolute atomic E-state index is 0.151. The van der Waals surface area contributed by atoms with Gasteiger partial charge in [0.1, 0.15) is 11.2 Å². The standard InChI is InChI=1S/C67H42N4S.C57H33N5OS/c1-66(2)52-26-12-6-23-45(52)49-37-50-47-24-10-16-30-58(47)71(59(50)38-56(49)66)41-35-51(62-48-25-11-17-31-60(48)72-61(62)36-41)65-69-63(39-18-4-3-5-19-39)68-64(70-65)40-32-33-46-44-22-9-15-29-55(44)67(57(46)34-40)53-27-13-7-20-42(53)43-21-8-14-28-54(43)67;1-3-15-34(16-4-1)55-58-56(35-27-30-49-43(31-35)39-20-9-13-25-48(39)63-49)60-57(59-55)44-32-37(33-51-52(44)42-22-10-14-26-50(42)64-51)61-46-24-12-8-21-41(46)53-47(61)29-28-40-38-19-7-11-23-45(38)62(54(40)53)36-17-5-2-6-18-36/h3-38H,1-2H3;1-33H. The van der Waals surface area contributed by atoms with Crippen LogP contribution < -0.4 is 0 Å². The molecule has 0 unspecified atom stereocenters. The van der Waals surface area contributed by atoms with E-state index in [1.165, 1.54) is 141 Å². The van der Waals surface area contributed by atoms with Crippen molar-refractivity contribution in [3.63, 3.8) is 0 Å². The number of benzene rings is 19. The molecule has 3 aliphatic carbocycles. The van der Waals surface area contributed by atoms with Gasteiger partial charge < -0.3 is 18.1 Å². The van der Waals surface area contributed by atoms with Gasteiger partial charge in [0.2, 0.25) is 0 Å². The van der Waals surface area contributed by atoms with E-state index in [1.807, 2.05) is 59.9 Å². The molecule has 8 heterocycles. The largest absolute Gasteiger partial charge is 0.456 e. The molecule has 136 heavy (non-hydrogen) atoms. The van der Waals surface area contributed by atoms with Crippen LogP contribution in [0.15, 0.2) is 423 Å². The normalized spacial score (nSPS) is 13.2. The Morgan fingerprint density at radius 2 is 0.632 bits per heavy atom. The van der Waals surface area contributed by atoms with Gasteiger partial charge in [0.25, 0.3) is 0 Å².